The highest BCUT2D eigenvalue weighted by Gasteiger charge is 2.10. The Morgan fingerprint density at radius 3 is 1.83 bits per heavy atom. The first-order chi connectivity index (χ1) is 8.69. The van der Waals surface area contributed by atoms with E-state index in [-0.39, 0.29) is 32.5 Å². The van der Waals surface area contributed by atoms with Gasteiger partial charge in [0.1, 0.15) is 19.3 Å². The predicted molar refractivity (Wildman–Crippen MR) is 66.4 cm³/mol. The third-order valence-corrected chi connectivity index (χ3v) is 2.37. The molecule has 0 aliphatic rings. The molecule has 102 valence electrons. The van der Waals surface area contributed by atoms with Gasteiger partial charge in [-0.2, -0.15) is 0 Å². The lowest BCUT2D eigenvalue weighted by Gasteiger charge is -2.11. The van der Waals surface area contributed by atoms with Crippen molar-refractivity contribution in [3.63, 3.8) is 0 Å². The molecule has 5 nitrogen and oxygen atoms in total. The third kappa shape index (κ3) is 4.80. The maximum absolute atomic E-state index is 10.0. The van der Waals surface area contributed by atoms with Crippen LogP contribution in [0, 0.1) is 0 Å². The van der Waals surface area contributed by atoms with Crippen LogP contribution in [0.1, 0.15) is 11.1 Å². The van der Waals surface area contributed by atoms with Crippen molar-refractivity contribution in [2.45, 2.75) is 13.2 Å². The molecule has 0 amide bonds. The van der Waals surface area contributed by atoms with Crippen LogP contribution in [0.5, 0.6) is 5.75 Å². The lowest BCUT2D eigenvalue weighted by molar-refractivity contribution is -0.0415. The van der Waals surface area contributed by atoms with Crippen LogP contribution < -0.4 is 0 Å². The smallest absolute Gasteiger partial charge is 0.146 e. The fourth-order valence-electron chi connectivity index (χ4n) is 1.41. The maximum atomic E-state index is 10.0. The monoisotopic (exact) mass is 276 g/mol. The van der Waals surface area contributed by atoms with Crippen molar-refractivity contribution >= 4 is 11.6 Å². The van der Waals surface area contributed by atoms with Crippen molar-refractivity contribution in [3.8, 4) is 5.75 Å². The molecule has 0 aliphatic carbocycles. The SMILES string of the molecule is COCOCc1cc(Cl)cc(COCOC)c1O. The summed E-state index contributed by atoms with van der Waals surface area (Å²) in [7, 11) is 3.06. The second-order valence-electron chi connectivity index (χ2n) is 3.58. The summed E-state index contributed by atoms with van der Waals surface area (Å²) in [5.41, 5.74) is 1.19. The fourth-order valence-corrected chi connectivity index (χ4v) is 1.67. The Bertz CT molecular complexity index is 338. The van der Waals surface area contributed by atoms with Crippen molar-refractivity contribution < 1.29 is 24.1 Å². The summed E-state index contributed by atoms with van der Waals surface area (Å²) in [6.45, 7) is 0.748. The largest absolute Gasteiger partial charge is 0.507 e. The summed E-state index contributed by atoms with van der Waals surface area (Å²) < 4.78 is 19.9. The number of rotatable bonds is 8. The van der Waals surface area contributed by atoms with Crippen LogP contribution in [0.3, 0.4) is 0 Å². The highest BCUT2D eigenvalue weighted by Crippen LogP contribution is 2.28. The molecule has 6 heteroatoms. The summed E-state index contributed by atoms with van der Waals surface area (Å²) in [6, 6.07) is 3.29. The van der Waals surface area contributed by atoms with Gasteiger partial charge in [-0.3, -0.25) is 0 Å². The molecule has 1 aromatic rings. The topological polar surface area (TPSA) is 57.2 Å². The molecule has 0 bridgehead atoms. The van der Waals surface area contributed by atoms with Crippen molar-refractivity contribution in [2.24, 2.45) is 0 Å². The minimum absolute atomic E-state index is 0.117. The minimum Gasteiger partial charge on any atom is -0.507 e. The Morgan fingerprint density at radius 1 is 1.00 bits per heavy atom. The van der Waals surface area contributed by atoms with E-state index in [4.69, 9.17) is 30.5 Å². The highest BCUT2D eigenvalue weighted by atomic mass is 35.5. The van der Waals surface area contributed by atoms with Gasteiger partial charge in [-0.1, -0.05) is 11.6 Å². The van der Waals surface area contributed by atoms with E-state index in [9.17, 15) is 5.11 Å². The lowest BCUT2D eigenvalue weighted by atomic mass is 10.1. The van der Waals surface area contributed by atoms with Gasteiger partial charge in [-0.05, 0) is 12.1 Å². The van der Waals surface area contributed by atoms with E-state index < -0.39 is 0 Å². The molecule has 1 aromatic carbocycles. The van der Waals surface area contributed by atoms with Crippen LogP contribution in [0.2, 0.25) is 5.02 Å². The number of halogens is 1. The van der Waals surface area contributed by atoms with E-state index in [0.29, 0.717) is 16.1 Å². The van der Waals surface area contributed by atoms with Gasteiger partial charge in [0, 0.05) is 30.4 Å². The summed E-state index contributed by atoms with van der Waals surface area (Å²) >= 11 is 5.96. The first-order valence-corrected chi connectivity index (χ1v) is 5.70. The Hall–Kier alpha value is -0.850. The summed E-state index contributed by atoms with van der Waals surface area (Å²) in [4.78, 5) is 0. The Balaban J connectivity index is 2.71. The first-order valence-electron chi connectivity index (χ1n) is 5.32. The molecular weight excluding hydrogens is 260 g/mol. The van der Waals surface area contributed by atoms with Gasteiger partial charge in [0.2, 0.25) is 0 Å². The zero-order chi connectivity index (χ0) is 13.4. The molecule has 0 heterocycles. The fraction of sp³-hybridized carbons (Fsp3) is 0.500. The quantitative estimate of drug-likeness (QED) is 0.583. The molecule has 1 N–H and O–H groups in total. The van der Waals surface area contributed by atoms with Crippen LogP contribution >= 0.6 is 11.6 Å². The molecule has 0 unspecified atom stereocenters. The lowest BCUT2D eigenvalue weighted by Crippen LogP contribution is -2.01. The molecule has 0 saturated carbocycles. The zero-order valence-electron chi connectivity index (χ0n) is 10.4. The predicted octanol–water partition coefficient (Wildman–Crippen LogP) is 2.29. The standard InChI is InChI=1S/C12H17ClO5/c1-15-7-17-5-9-3-11(13)4-10(12(9)14)6-18-8-16-2/h3-4,14H,5-8H2,1-2H3. The normalized spacial score (nSPS) is 10.8. The molecule has 0 radical (unpaired) electrons. The second-order valence-corrected chi connectivity index (χ2v) is 4.02. The van der Waals surface area contributed by atoms with E-state index >= 15 is 0 Å². The van der Waals surface area contributed by atoms with Gasteiger partial charge >= 0.3 is 0 Å². The molecule has 0 spiro atoms. The summed E-state index contributed by atoms with van der Waals surface area (Å²) in [5, 5.41) is 10.5. The molecule has 0 aliphatic heterocycles. The maximum Gasteiger partial charge on any atom is 0.146 e. The molecule has 0 saturated heterocycles. The zero-order valence-corrected chi connectivity index (χ0v) is 11.2. The van der Waals surface area contributed by atoms with Crippen LogP contribution in [0.4, 0.5) is 0 Å². The number of hydrogen-bond acceptors (Lipinski definition) is 5. The molecule has 0 fully saturated rings. The Morgan fingerprint density at radius 2 is 1.44 bits per heavy atom. The average molecular weight is 277 g/mol. The number of phenolic OH excluding ortho intramolecular Hbond substituents is 1. The summed E-state index contributed by atoms with van der Waals surface area (Å²) in [5.74, 6) is 0.117. The molecule has 18 heavy (non-hydrogen) atoms. The molecular formula is C12H17ClO5. The van der Waals surface area contributed by atoms with Crippen LogP contribution in [-0.2, 0) is 32.2 Å². The number of aromatic hydroxyl groups is 1. The van der Waals surface area contributed by atoms with Gasteiger partial charge in [-0.25, -0.2) is 0 Å². The van der Waals surface area contributed by atoms with Gasteiger partial charge in [0.25, 0.3) is 0 Å². The average Bonchev–Trinajstić information content (AvgIpc) is 2.35. The second kappa shape index (κ2) is 8.29. The first kappa shape index (κ1) is 15.2. The molecule has 0 atom stereocenters. The van der Waals surface area contributed by atoms with Crippen LogP contribution in [0.25, 0.3) is 0 Å². The number of phenols is 1. The molecule has 1 rings (SSSR count). The van der Waals surface area contributed by atoms with Crippen LogP contribution in [0.15, 0.2) is 12.1 Å². The van der Waals surface area contributed by atoms with Gasteiger partial charge < -0.3 is 24.1 Å². The van der Waals surface area contributed by atoms with E-state index in [1.807, 2.05) is 0 Å². The van der Waals surface area contributed by atoms with E-state index in [1.54, 1.807) is 12.1 Å². The summed E-state index contributed by atoms with van der Waals surface area (Å²) in [6.07, 6.45) is 0. The van der Waals surface area contributed by atoms with E-state index in [1.165, 1.54) is 14.2 Å². The Labute approximate surface area is 111 Å². The Kier molecular flexibility index (Phi) is 7.00. The number of ether oxygens (including phenoxy) is 4. The number of hydrogen-bond donors (Lipinski definition) is 1. The number of benzene rings is 1. The van der Waals surface area contributed by atoms with E-state index in [2.05, 4.69) is 0 Å². The van der Waals surface area contributed by atoms with Crippen molar-refractivity contribution in [3.05, 3.63) is 28.3 Å². The van der Waals surface area contributed by atoms with Gasteiger partial charge in [-0.15, -0.1) is 0 Å². The van der Waals surface area contributed by atoms with Gasteiger partial charge in [0.05, 0.1) is 13.2 Å². The van der Waals surface area contributed by atoms with Gasteiger partial charge in [0.15, 0.2) is 0 Å². The van der Waals surface area contributed by atoms with Crippen molar-refractivity contribution in [2.75, 3.05) is 27.8 Å². The van der Waals surface area contributed by atoms with Crippen LogP contribution in [-0.4, -0.2) is 32.9 Å². The third-order valence-electron chi connectivity index (χ3n) is 2.15. The van der Waals surface area contributed by atoms with E-state index in [0.717, 1.165) is 0 Å². The minimum atomic E-state index is 0.117. The van der Waals surface area contributed by atoms with Crippen molar-refractivity contribution in [1.82, 2.24) is 0 Å². The highest BCUT2D eigenvalue weighted by molar-refractivity contribution is 6.30. The number of methoxy groups -OCH3 is 2. The molecule has 0 aromatic heterocycles. The van der Waals surface area contributed by atoms with Crippen molar-refractivity contribution in [1.29, 1.82) is 0 Å².